The van der Waals surface area contributed by atoms with E-state index < -0.39 is 17.1 Å². The number of methoxy groups -OCH3 is 2. The summed E-state index contributed by atoms with van der Waals surface area (Å²) in [5.74, 6) is -0.224. The van der Waals surface area contributed by atoms with E-state index in [0.717, 1.165) is 0 Å². The zero-order valence-corrected chi connectivity index (χ0v) is 21.5. The third kappa shape index (κ3) is 4.43. The number of nitrogens with one attached hydrogen (secondary N) is 2. The molecule has 0 spiro atoms. The van der Waals surface area contributed by atoms with Gasteiger partial charge in [-0.15, -0.1) is 0 Å². The Morgan fingerprint density at radius 2 is 1.85 bits per heavy atom. The molecule has 39 heavy (non-hydrogen) atoms. The van der Waals surface area contributed by atoms with E-state index in [1.165, 1.54) is 26.4 Å². The number of phenols is 1. The molecule has 11 nitrogen and oxygen atoms in total. The van der Waals surface area contributed by atoms with Gasteiger partial charge in [-0.05, 0) is 50.2 Å². The molecule has 2 aromatic carbocycles. The van der Waals surface area contributed by atoms with E-state index in [4.69, 9.17) is 23.6 Å². The van der Waals surface area contributed by atoms with Crippen molar-refractivity contribution >= 4 is 16.9 Å². The maximum atomic E-state index is 13.0. The van der Waals surface area contributed by atoms with Crippen molar-refractivity contribution in [2.45, 2.75) is 13.8 Å². The Morgan fingerprint density at radius 1 is 1.05 bits per heavy atom. The molecular weight excluding hydrogens is 506 g/mol. The number of H-pyrrole nitrogens is 2. The van der Waals surface area contributed by atoms with Crippen LogP contribution in [0.15, 0.2) is 51.7 Å². The highest BCUT2D eigenvalue weighted by Crippen LogP contribution is 2.41. The number of esters is 1. The van der Waals surface area contributed by atoms with Crippen molar-refractivity contribution < 1.29 is 33.6 Å². The quantitative estimate of drug-likeness (QED) is 0.217. The number of fused-ring (bicyclic) bond motifs is 1. The molecule has 0 saturated carbocycles. The van der Waals surface area contributed by atoms with Crippen LogP contribution in [0.1, 0.15) is 23.2 Å². The number of hydrogen-bond acceptors (Lipinski definition) is 9. The highest BCUT2D eigenvalue weighted by molar-refractivity contribution is 6.07. The Balaban J connectivity index is 1.85. The SMILES string of the molecule is CCOC(=O)c1[nH]c2ccc(OC)cc2c1-c1nc(-c2ccc(O)c(OC)c2)c(-c2oc(C)cc(=O)c2O)[nH]1. The average Bonchev–Trinajstić information content (AvgIpc) is 3.52. The zero-order chi connectivity index (χ0) is 27.8. The van der Waals surface area contributed by atoms with Gasteiger partial charge in [0.05, 0.1) is 26.4 Å². The van der Waals surface area contributed by atoms with E-state index in [9.17, 15) is 19.8 Å². The van der Waals surface area contributed by atoms with E-state index in [0.29, 0.717) is 27.8 Å². The van der Waals surface area contributed by atoms with E-state index in [1.54, 1.807) is 44.2 Å². The van der Waals surface area contributed by atoms with Crippen molar-refractivity contribution in [3.8, 4) is 57.1 Å². The lowest BCUT2D eigenvalue weighted by atomic mass is 10.1. The van der Waals surface area contributed by atoms with Crippen molar-refractivity contribution in [1.82, 2.24) is 15.0 Å². The van der Waals surface area contributed by atoms with Gasteiger partial charge in [0, 0.05) is 22.5 Å². The Kier molecular flexibility index (Phi) is 6.48. The number of aryl methyl sites for hydroxylation is 1. The van der Waals surface area contributed by atoms with Crippen LogP contribution in [0.5, 0.6) is 23.0 Å². The van der Waals surface area contributed by atoms with Crippen molar-refractivity contribution in [2.24, 2.45) is 0 Å². The molecule has 0 fully saturated rings. The fraction of sp³-hybridized carbons (Fsp3) is 0.179. The Bertz CT molecular complexity index is 1780. The molecule has 0 saturated heterocycles. The average molecular weight is 532 g/mol. The van der Waals surface area contributed by atoms with Crippen LogP contribution < -0.4 is 14.9 Å². The number of carbonyl (C=O) groups excluding carboxylic acids is 1. The van der Waals surface area contributed by atoms with Gasteiger partial charge in [0.2, 0.25) is 11.2 Å². The molecule has 0 bridgehead atoms. The smallest absolute Gasteiger partial charge is 0.355 e. The van der Waals surface area contributed by atoms with Crippen molar-refractivity contribution in [3.63, 3.8) is 0 Å². The summed E-state index contributed by atoms with van der Waals surface area (Å²) in [6.07, 6.45) is 0. The van der Waals surface area contributed by atoms with E-state index >= 15 is 0 Å². The molecule has 11 heteroatoms. The van der Waals surface area contributed by atoms with Crippen LogP contribution in [-0.2, 0) is 4.74 Å². The summed E-state index contributed by atoms with van der Waals surface area (Å²) in [4.78, 5) is 36.4. The van der Waals surface area contributed by atoms with Gasteiger partial charge in [0.15, 0.2) is 17.3 Å². The maximum absolute atomic E-state index is 13.0. The summed E-state index contributed by atoms with van der Waals surface area (Å²) in [7, 11) is 2.94. The molecule has 0 radical (unpaired) electrons. The lowest BCUT2D eigenvalue weighted by Gasteiger charge is -2.08. The lowest BCUT2D eigenvalue weighted by molar-refractivity contribution is 0.0521. The van der Waals surface area contributed by atoms with Gasteiger partial charge >= 0.3 is 5.97 Å². The second-order valence-electron chi connectivity index (χ2n) is 8.60. The molecule has 0 amide bonds. The van der Waals surface area contributed by atoms with Gasteiger partial charge in [-0.1, -0.05) is 0 Å². The Morgan fingerprint density at radius 3 is 2.56 bits per heavy atom. The minimum absolute atomic E-state index is 0.0863. The van der Waals surface area contributed by atoms with Gasteiger partial charge in [-0.2, -0.15) is 0 Å². The maximum Gasteiger partial charge on any atom is 0.355 e. The van der Waals surface area contributed by atoms with Gasteiger partial charge in [-0.3, -0.25) is 4.79 Å². The molecule has 3 heterocycles. The van der Waals surface area contributed by atoms with Crippen LogP contribution in [-0.4, -0.2) is 52.0 Å². The van der Waals surface area contributed by atoms with Crippen LogP contribution in [0.4, 0.5) is 0 Å². The fourth-order valence-corrected chi connectivity index (χ4v) is 4.36. The van der Waals surface area contributed by atoms with E-state index in [-0.39, 0.29) is 52.5 Å². The normalized spacial score (nSPS) is 11.1. The van der Waals surface area contributed by atoms with Crippen molar-refractivity contribution in [3.05, 3.63) is 64.1 Å². The number of carbonyl (C=O) groups is 1. The van der Waals surface area contributed by atoms with Crippen LogP contribution in [0.2, 0.25) is 0 Å². The number of aromatic amines is 2. The topological polar surface area (TPSA) is 160 Å². The minimum atomic E-state index is -0.636. The molecule has 0 aliphatic carbocycles. The lowest BCUT2D eigenvalue weighted by Crippen LogP contribution is -2.06. The number of aromatic hydroxyl groups is 2. The van der Waals surface area contributed by atoms with Gasteiger partial charge in [-0.25, -0.2) is 9.78 Å². The minimum Gasteiger partial charge on any atom is -0.504 e. The van der Waals surface area contributed by atoms with Gasteiger partial charge in [0.25, 0.3) is 0 Å². The van der Waals surface area contributed by atoms with Gasteiger partial charge in [0.1, 0.15) is 34.4 Å². The second kappa shape index (κ2) is 9.93. The van der Waals surface area contributed by atoms with Gasteiger partial charge < -0.3 is 38.8 Å². The second-order valence-corrected chi connectivity index (χ2v) is 8.60. The highest BCUT2D eigenvalue weighted by atomic mass is 16.5. The first kappa shape index (κ1) is 25.5. The monoisotopic (exact) mass is 531 g/mol. The number of nitrogens with zero attached hydrogens (tertiary/aromatic N) is 1. The number of imidazole rings is 1. The van der Waals surface area contributed by atoms with Crippen molar-refractivity contribution in [2.75, 3.05) is 20.8 Å². The predicted octanol–water partition coefficient (Wildman–Crippen LogP) is 4.76. The first-order valence-corrected chi connectivity index (χ1v) is 11.9. The third-order valence-electron chi connectivity index (χ3n) is 6.15. The summed E-state index contributed by atoms with van der Waals surface area (Å²) < 4.78 is 21.7. The molecule has 5 aromatic rings. The summed E-state index contributed by atoms with van der Waals surface area (Å²) in [5, 5.41) is 21.4. The standard InChI is InChI=1S/C28H25N3O8/c1-5-38-28(35)23-21(16-12-15(36-3)7-8-17(16)29-23)27-30-22(14-6-9-18(32)20(11-14)37-4)24(31-27)26-25(34)19(33)10-13(2)39-26/h6-12,29,32,34H,5H2,1-4H3,(H,30,31). The molecule has 3 aromatic heterocycles. The van der Waals surface area contributed by atoms with E-state index in [2.05, 4.69) is 9.97 Å². The summed E-state index contributed by atoms with van der Waals surface area (Å²) >= 11 is 0. The molecule has 0 unspecified atom stereocenters. The summed E-state index contributed by atoms with van der Waals surface area (Å²) in [6.45, 7) is 3.43. The fourth-order valence-electron chi connectivity index (χ4n) is 4.36. The number of phenolic OH excluding ortho intramolecular Hbond substituents is 1. The zero-order valence-electron chi connectivity index (χ0n) is 21.5. The first-order valence-electron chi connectivity index (χ1n) is 11.9. The summed E-state index contributed by atoms with van der Waals surface area (Å²) in [5.41, 5.74) is 1.43. The van der Waals surface area contributed by atoms with Crippen LogP contribution in [0, 0.1) is 6.92 Å². The Hall–Kier alpha value is -5.19. The summed E-state index contributed by atoms with van der Waals surface area (Å²) in [6, 6.07) is 11.0. The molecule has 5 rings (SSSR count). The predicted molar refractivity (Wildman–Crippen MR) is 142 cm³/mol. The molecule has 0 aliphatic rings. The first-order chi connectivity index (χ1) is 18.7. The van der Waals surface area contributed by atoms with Crippen LogP contribution in [0.3, 0.4) is 0 Å². The molecule has 0 aliphatic heterocycles. The number of benzene rings is 2. The van der Waals surface area contributed by atoms with Crippen LogP contribution in [0.25, 0.3) is 45.0 Å². The number of ether oxygens (including phenoxy) is 3. The Labute approximate surface area is 221 Å². The molecule has 0 atom stereocenters. The molecule has 200 valence electrons. The largest absolute Gasteiger partial charge is 0.504 e. The third-order valence-corrected chi connectivity index (χ3v) is 6.15. The number of hydrogen-bond donors (Lipinski definition) is 4. The van der Waals surface area contributed by atoms with E-state index in [1.807, 2.05) is 0 Å². The highest BCUT2D eigenvalue weighted by Gasteiger charge is 2.27. The number of rotatable bonds is 7. The number of aromatic nitrogens is 3. The van der Waals surface area contributed by atoms with Crippen molar-refractivity contribution in [1.29, 1.82) is 0 Å². The molecular formula is C28H25N3O8. The van der Waals surface area contributed by atoms with Crippen LogP contribution >= 0.6 is 0 Å². The molecule has 4 N–H and O–H groups in total.